The normalized spacial score (nSPS) is 10.1. The number of hydrazine groups is 1. The molecule has 2 aromatic rings. The molecular formula is C12H14BrN5O. The lowest BCUT2D eigenvalue weighted by Gasteiger charge is -2.11. The minimum absolute atomic E-state index is 0.362. The number of nitrogens with zero attached hydrogens (tertiary/aromatic N) is 2. The van der Waals surface area contributed by atoms with Gasteiger partial charge in [0.05, 0.1) is 11.6 Å². The highest BCUT2D eigenvalue weighted by Gasteiger charge is 2.06. The third-order valence-corrected chi connectivity index (χ3v) is 3.14. The Hall–Kier alpha value is -1.86. The summed E-state index contributed by atoms with van der Waals surface area (Å²) in [4.78, 5) is 8.28. The van der Waals surface area contributed by atoms with Gasteiger partial charge in [0, 0.05) is 17.4 Å². The summed E-state index contributed by atoms with van der Waals surface area (Å²) >= 11 is 3.44. The van der Waals surface area contributed by atoms with E-state index in [1.54, 1.807) is 13.3 Å². The van der Waals surface area contributed by atoms with Crippen molar-refractivity contribution in [3.05, 3.63) is 34.4 Å². The molecule has 6 nitrogen and oxygen atoms in total. The molecule has 100 valence electrons. The third-order valence-electron chi connectivity index (χ3n) is 2.52. The molecule has 4 N–H and O–H groups in total. The van der Waals surface area contributed by atoms with Crippen LogP contribution in [-0.2, 0) is 0 Å². The molecule has 0 atom stereocenters. The number of aryl methyl sites for hydroxylation is 1. The lowest BCUT2D eigenvalue weighted by Crippen LogP contribution is -2.11. The molecule has 0 unspecified atom stereocenters. The molecule has 0 aliphatic rings. The summed E-state index contributed by atoms with van der Waals surface area (Å²) in [6, 6.07) is 5.68. The number of rotatable bonds is 4. The van der Waals surface area contributed by atoms with Crippen molar-refractivity contribution in [3.63, 3.8) is 0 Å². The number of nitrogens with one attached hydrogen (secondary N) is 2. The molecule has 1 aromatic carbocycles. The molecular weight excluding hydrogens is 310 g/mol. The number of methoxy groups -OCH3 is 1. The van der Waals surface area contributed by atoms with Crippen LogP contribution in [0.5, 0.6) is 5.75 Å². The Morgan fingerprint density at radius 1 is 1.37 bits per heavy atom. The largest absolute Gasteiger partial charge is 0.496 e. The number of benzene rings is 1. The fourth-order valence-corrected chi connectivity index (χ4v) is 2.06. The van der Waals surface area contributed by atoms with Gasteiger partial charge in [-0.15, -0.1) is 0 Å². The van der Waals surface area contributed by atoms with Crippen molar-refractivity contribution >= 4 is 33.4 Å². The number of ether oxygens (including phenoxy) is 1. The minimum atomic E-state index is 0.362. The summed E-state index contributed by atoms with van der Waals surface area (Å²) in [7, 11) is 1.63. The number of aromatic nitrogens is 2. The first-order chi connectivity index (χ1) is 9.13. The van der Waals surface area contributed by atoms with Gasteiger partial charge in [0.1, 0.15) is 11.6 Å². The molecule has 0 amide bonds. The van der Waals surface area contributed by atoms with Gasteiger partial charge < -0.3 is 10.1 Å². The second-order valence-electron chi connectivity index (χ2n) is 3.84. The SMILES string of the molecule is COc1ccc(Nc2nc(NN)ncc2C)cc1Br. The van der Waals surface area contributed by atoms with E-state index < -0.39 is 0 Å². The lowest BCUT2D eigenvalue weighted by molar-refractivity contribution is 0.412. The van der Waals surface area contributed by atoms with E-state index in [2.05, 4.69) is 36.6 Å². The van der Waals surface area contributed by atoms with E-state index in [1.807, 2.05) is 25.1 Å². The molecule has 0 bridgehead atoms. The Morgan fingerprint density at radius 2 is 2.16 bits per heavy atom. The van der Waals surface area contributed by atoms with E-state index in [0.717, 1.165) is 21.5 Å². The van der Waals surface area contributed by atoms with Crippen molar-refractivity contribution in [1.82, 2.24) is 9.97 Å². The summed E-state index contributed by atoms with van der Waals surface area (Å²) in [6.07, 6.45) is 1.70. The molecule has 0 saturated carbocycles. The Balaban J connectivity index is 2.28. The average molecular weight is 324 g/mol. The van der Waals surface area contributed by atoms with Crippen molar-refractivity contribution in [3.8, 4) is 5.75 Å². The van der Waals surface area contributed by atoms with E-state index in [1.165, 1.54) is 0 Å². The number of hydrogen-bond acceptors (Lipinski definition) is 6. The molecule has 0 radical (unpaired) electrons. The highest BCUT2D eigenvalue weighted by Crippen LogP contribution is 2.29. The van der Waals surface area contributed by atoms with Crippen LogP contribution < -0.4 is 21.3 Å². The Labute approximate surface area is 119 Å². The van der Waals surface area contributed by atoms with Gasteiger partial charge in [0.2, 0.25) is 5.95 Å². The first kappa shape index (κ1) is 13.6. The van der Waals surface area contributed by atoms with Crippen LogP contribution in [0.4, 0.5) is 17.5 Å². The number of nitrogens with two attached hydrogens (primary N) is 1. The minimum Gasteiger partial charge on any atom is -0.496 e. The maximum atomic E-state index is 5.30. The van der Waals surface area contributed by atoms with Crippen molar-refractivity contribution in [2.75, 3.05) is 17.9 Å². The van der Waals surface area contributed by atoms with Crippen molar-refractivity contribution in [2.45, 2.75) is 6.92 Å². The van der Waals surface area contributed by atoms with Crippen LogP contribution >= 0.6 is 15.9 Å². The topological polar surface area (TPSA) is 85.1 Å². The van der Waals surface area contributed by atoms with Crippen molar-refractivity contribution in [2.24, 2.45) is 5.84 Å². The van der Waals surface area contributed by atoms with Crippen LogP contribution in [0.25, 0.3) is 0 Å². The second kappa shape index (κ2) is 5.85. The van der Waals surface area contributed by atoms with Gasteiger partial charge in [0.15, 0.2) is 0 Å². The van der Waals surface area contributed by atoms with Gasteiger partial charge in [-0.3, -0.25) is 5.43 Å². The van der Waals surface area contributed by atoms with Gasteiger partial charge in [-0.2, -0.15) is 4.98 Å². The zero-order chi connectivity index (χ0) is 13.8. The molecule has 7 heteroatoms. The summed E-state index contributed by atoms with van der Waals surface area (Å²) in [5.41, 5.74) is 4.23. The molecule has 1 heterocycles. The summed E-state index contributed by atoms with van der Waals surface area (Å²) in [6.45, 7) is 1.92. The van der Waals surface area contributed by atoms with Gasteiger partial charge in [-0.25, -0.2) is 10.8 Å². The monoisotopic (exact) mass is 323 g/mol. The molecule has 1 aromatic heterocycles. The van der Waals surface area contributed by atoms with E-state index in [9.17, 15) is 0 Å². The zero-order valence-corrected chi connectivity index (χ0v) is 12.2. The molecule has 0 fully saturated rings. The Bertz CT molecular complexity index is 590. The van der Waals surface area contributed by atoms with Crippen molar-refractivity contribution < 1.29 is 4.74 Å². The van der Waals surface area contributed by atoms with Crippen molar-refractivity contribution in [1.29, 1.82) is 0 Å². The van der Waals surface area contributed by atoms with Crippen LogP contribution in [-0.4, -0.2) is 17.1 Å². The Kier molecular flexibility index (Phi) is 4.18. The average Bonchev–Trinajstić information content (AvgIpc) is 2.41. The van der Waals surface area contributed by atoms with Gasteiger partial charge >= 0.3 is 0 Å². The number of nitrogen functional groups attached to an aromatic ring is 1. The third kappa shape index (κ3) is 3.12. The summed E-state index contributed by atoms with van der Waals surface area (Å²) in [5.74, 6) is 7.13. The van der Waals surface area contributed by atoms with Gasteiger partial charge in [-0.05, 0) is 41.1 Å². The molecule has 0 aliphatic carbocycles. The summed E-state index contributed by atoms with van der Waals surface area (Å²) in [5, 5.41) is 3.21. The molecule has 0 saturated heterocycles. The standard InChI is InChI=1S/C12H14BrN5O/c1-7-6-15-12(18-14)17-11(7)16-8-3-4-10(19-2)9(13)5-8/h3-6H,14H2,1-2H3,(H2,15,16,17,18). The van der Waals surface area contributed by atoms with E-state index in [4.69, 9.17) is 10.6 Å². The zero-order valence-electron chi connectivity index (χ0n) is 10.6. The lowest BCUT2D eigenvalue weighted by atomic mass is 10.3. The summed E-state index contributed by atoms with van der Waals surface area (Å²) < 4.78 is 6.05. The predicted molar refractivity (Wildman–Crippen MR) is 78.6 cm³/mol. The molecule has 0 aliphatic heterocycles. The highest BCUT2D eigenvalue weighted by atomic mass is 79.9. The predicted octanol–water partition coefficient (Wildman–Crippen LogP) is 2.59. The quantitative estimate of drug-likeness (QED) is 0.592. The number of halogens is 1. The highest BCUT2D eigenvalue weighted by molar-refractivity contribution is 9.10. The van der Waals surface area contributed by atoms with Crippen LogP contribution in [0.1, 0.15) is 5.56 Å². The smallest absolute Gasteiger partial charge is 0.239 e. The number of hydrogen-bond donors (Lipinski definition) is 3. The van der Waals surface area contributed by atoms with Crippen LogP contribution in [0, 0.1) is 6.92 Å². The first-order valence-electron chi connectivity index (χ1n) is 5.55. The maximum absolute atomic E-state index is 5.30. The fourth-order valence-electron chi connectivity index (χ4n) is 1.52. The molecule has 0 spiro atoms. The van der Waals surface area contributed by atoms with Crippen LogP contribution in [0.3, 0.4) is 0 Å². The Morgan fingerprint density at radius 3 is 2.79 bits per heavy atom. The molecule has 19 heavy (non-hydrogen) atoms. The maximum Gasteiger partial charge on any atom is 0.239 e. The van der Waals surface area contributed by atoms with Crippen LogP contribution in [0.2, 0.25) is 0 Å². The fraction of sp³-hybridized carbons (Fsp3) is 0.167. The second-order valence-corrected chi connectivity index (χ2v) is 4.70. The van der Waals surface area contributed by atoms with E-state index in [0.29, 0.717) is 11.8 Å². The van der Waals surface area contributed by atoms with Gasteiger partial charge in [-0.1, -0.05) is 0 Å². The number of anilines is 3. The first-order valence-corrected chi connectivity index (χ1v) is 6.34. The van der Waals surface area contributed by atoms with E-state index >= 15 is 0 Å². The van der Waals surface area contributed by atoms with Gasteiger partial charge in [0.25, 0.3) is 0 Å². The van der Waals surface area contributed by atoms with E-state index in [-0.39, 0.29) is 0 Å². The molecule has 2 rings (SSSR count). The van der Waals surface area contributed by atoms with Crippen LogP contribution in [0.15, 0.2) is 28.9 Å².